The van der Waals surface area contributed by atoms with Gasteiger partial charge in [0.1, 0.15) is 36.8 Å². The van der Waals surface area contributed by atoms with Crippen LogP contribution >= 0.6 is 0 Å². The highest BCUT2D eigenvalue weighted by molar-refractivity contribution is 7.85. The fourth-order valence-electron chi connectivity index (χ4n) is 6.26. The Hall–Kier alpha value is -2.61. The molecule has 1 aliphatic rings. The van der Waals surface area contributed by atoms with Crippen molar-refractivity contribution in [3.05, 3.63) is 54.3 Å². The molecule has 1 heterocycles. The number of ether oxygens (including phenoxy) is 4. The first kappa shape index (κ1) is 53.4. The molecule has 2 unspecified atom stereocenters. The van der Waals surface area contributed by atoms with Crippen molar-refractivity contribution in [3.63, 3.8) is 0 Å². The van der Waals surface area contributed by atoms with Crippen molar-refractivity contribution in [2.75, 3.05) is 19.0 Å². The lowest BCUT2D eigenvalue weighted by molar-refractivity contribution is -0.297. The van der Waals surface area contributed by atoms with Crippen molar-refractivity contribution in [1.82, 2.24) is 0 Å². The second kappa shape index (κ2) is 35.2. The summed E-state index contributed by atoms with van der Waals surface area (Å²) in [5.74, 6) is -2.04. The van der Waals surface area contributed by atoms with Crippen LogP contribution in [0.15, 0.2) is 54.3 Å². The van der Waals surface area contributed by atoms with E-state index in [1.165, 1.54) is 32.1 Å². The van der Waals surface area contributed by atoms with E-state index in [2.05, 4.69) is 68.2 Å². The zero-order valence-corrected chi connectivity index (χ0v) is 36.2. The van der Waals surface area contributed by atoms with E-state index in [4.69, 9.17) is 18.9 Å². The highest BCUT2D eigenvalue weighted by atomic mass is 32.2. The number of hydrogen-bond donors (Lipinski definition) is 4. The molecule has 58 heavy (non-hydrogen) atoms. The van der Waals surface area contributed by atoms with Crippen molar-refractivity contribution in [3.8, 4) is 0 Å². The van der Waals surface area contributed by atoms with Gasteiger partial charge in [0.25, 0.3) is 10.1 Å². The molecule has 1 fully saturated rings. The minimum absolute atomic E-state index is 0.138. The molecular weight excluding hydrogens is 765 g/mol. The van der Waals surface area contributed by atoms with Crippen LogP contribution in [0.1, 0.15) is 162 Å². The fourth-order valence-corrected chi connectivity index (χ4v) is 6.95. The molecule has 0 spiro atoms. The SMILES string of the molecule is CC/C=C/C/C=C/C/C=C/CCCCCCCC(=O)OC[C@H](CO[C@H]1O[C@H](CS(=O)(=O)O)[C@@H](O)C(O)C1O)OC(=O)CCCCCCCC=C=CCCCCCCC. The Morgan fingerprint density at radius 3 is 1.79 bits per heavy atom. The van der Waals surface area contributed by atoms with Crippen LogP contribution in [0, 0.1) is 0 Å². The van der Waals surface area contributed by atoms with Gasteiger partial charge in [-0.3, -0.25) is 14.1 Å². The molecule has 0 radical (unpaired) electrons. The summed E-state index contributed by atoms with van der Waals surface area (Å²) in [5, 5.41) is 30.8. The highest BCUT2D eigenvalue weighted by Crippen LogP contribution is 2.24. The second-order valence-electron chi connectivity index (χ2n) is 15.1. The van der Waals surface area contributed by atoms with Gasteiger partial charge in [-0.25, -0.2) is 0 Å². The van der Waals surface area contributed by atoms with Gasteiger partial charge in [0.05, 0.1) is 6.61 Å². The Labute approximate surface area is 349 Å². The number of aliphatic hydroxyl groups is 3. The van der Waals surface area contributed by atoms with Gasteiger partial charge in [-0.2, -0.15) is 8.42 Å². The van der Waals surface area contributed by atoms with E-state index in [1.807, 2.05) is 0 Å². The Kier molecular flexibility index (Phi) is 32.4. The van der Waals surface area contributed by atoms with Gasteiger partial charge in [0.2, 0.25) is 0 Å². The minimum Gasteiger partial charge on any atom is -0.462 e. The number of unbranched alkanes of at least 4 members (excludes halogenated alkanes) is 15. The van der Waals surface area contributed by atoms with E-state index in [9.17, 15) is 37.9 Å². The third-order valence-electron chi connectivity index (χ3n) is 9.67. The summed E-state index contributed by atoms with van der Waals surface area (Å²) < 4.78 is 54.0. The molecule has 0 amide bonds. The van der Waals surface area contributed by atoms with Crippen LogP contribution in [0.4, 0.5) is 0 Å². The Balaban J connectivity index is 2.50. The van der Waals surface area contributed by atoms with Crippen LogP contribution in [0.5, 0.6) is 0 Å². The van der Waals surface area contributed by atoms with E-state index in [1.54, 1.807) is 0 Å². The van der Waals surface area contributed by atoms with Crippen LogP contribution in [0.3, 0.4) is 0 Å². The number of allylic oxidation sites excluding steroid dienone is 7. The highest BCUT2D eigenvalue weighted by Gasteiger charge is 2.46. The van der Waals surface area contributed by atoms with Crippen molar-refractivity contribution in [1.29, 1.82) is 0 Å². The summed E-state index contributed by atoms with van der Waals surface area (Å²) >= 11 is 0. The molecule has 4 N–H and O–H groups in total. The average molecular weight is 841 g/mol. The van der Waals surface area contributed by atoms with Crippen molar-refractivity contribution in [2.45, 2.75) is 198 Å². The van der Waals surface area contributed by atoms with E-state index < -0.39 is 71.2 Å². The monoisotopic (exact) mass is 841 g/mol. The maximum Gasteiger partial charge on any atom is 0.306 e. The largest absolute Gasteiger partial charge is 0.462 e. The zero-order valence-electron chi connectivity index (χ0n) is 35.4. The van der Waals surface area contributed by atoms with Crippen LogP contribution < -0.4 is 0 Å². The van der Waals surface area contributed by atoms with E-state index >= 15 is 0 Å². The molecule has 0 aliphatic carbocycles. The topological polar surface area (TPSA) is 186 Å². The molecule has 6 atom stereocenters. The number of aliphatic hydroxyl groups excluding tert-OH is 3. The van der Waals surface area contributed by atoms with E-state index in [0.29, 0.717) is 12.8 Å². The Morgan fingerprint density at radius 2 is 1.19 bits per heavy atom. The normalized spacial score (nSPS) is 20.4. The molecule has 1 aliphatic heterocycles. The lowest BCUT2D eigenvalue weighted by Gasteiger charge is -2.40. The maximum absolute atomic E-state index is 12.8. The molecule has 1 rings (SSSR count). The number of carbonyl (C=O) groups excluding carboxylic acids is 2. The van der Waals surface area contributed by atoms with E-state index in [-0.39, 0.29) is 19.4 Å². The molecule has 0 aromatic carbocycles. The Morgan fingerprint density at radius 1 is 0.655 bits per heavy atom. The predicted octanol–water partition coefficient (Wildman–Crippen LogP) is 8.55. The molecular formula is C45H76O12S. The summed E-state index contributed by atoms with van der Waals surface area (Å²) in [6, 6.07) is 0. The summed E-state index contributed by atoms with van der Waals surface area (Å²) in [6.45, 7) is 3.58. The maximum atomic E-state index is 12.8. The van der Waals surface area contributed by atoms with Gasteiger partial charge < -0.3 is 34.3 Å². The Bertz CT molecular complexity index is 1320. The van der Waals surface area contributed by atoms with Gasteiger partial charge >= 0.3 is 11.9 Å². The number of carbonyl (C=O) groups is 2. The van der Waals surface area contributed by atoms with Crippen molar-refractivity contribution < 1.29 is 56.8 Å². The summed E-state index contributed by atoms with van der Waals surface area (Å²) in [5.41, 5.74) is 3.27. The fraction of sp³-hybridized carbons (Fsp3) is 0.756. The van der Waals surface area contributed by atoms with E-state index in [0.717, 1.165) is 89.9 Å². The van der Waals surface area contributed by atoms with Crippen LogP contribution in [0.2, 0.25) is 0 Å². The van der Waals surface area contributed by atoms with Crippen LogP contribution in [-0.4, -0.2) is 96.0 Å². The zero-order chi connectivity index (χ0) is 42.7. The van der Waals surface area contributed by atoms with Crippen molar-refractivity contribution in [2.24, 2.45) is 0 Å². The number of esters is 2. The van der Waals surface area contributed by atoms with Gasteiger partial charge in [0.15, 0.2) is 12.4 Å². The predicted molar refractivity (Wildman–Crippen MR) is 227 cm³/mol. The van der Waals surface area contributed by atoms with Crippen LogP contribution in [-0.2, 0) is 38.7 Å². The van der Waals surface area contributed by atoms with Gasteiger partial charge in [-0.15, -0.1) is 5.73 Å². The lowest BCUT2D eigenvalue weighted by Crippen LogP contribution is -2.60. The second-order valence-corrected chi connectivity index (χ2v) is 16.6. The molecule has 12 nitrogen and oxygen atoms in total. The summed E-state index contributed by atoms with van der Waals surface area (Å²) in [6.07, 6.45) is 29.4. The average Bonchev–Trinajstić information content (AvgIpc) is 3.18. The first-order valence-electron chi connectivity index (χ1n) is 21.9. The third kappa shape index (κ3) is 29.6. The molecule has 0 bridgehead atoms. The minimum atomic E-state index is -4.61. The van der Waals surface area contributed by atoms with Crippen LogP contribution in [0.25, 0.3) is 0 Å². The summed E-state index contributed by atoms with van der Waals surface area (Å²) in [7, 11) is -4.61. The smallest absolute Gasteiger partial charge is 0.306 e. The molecule has 0 aromatic rings. The van der Waals surface area contributed by atoms with Gasteiger partial charge in [0, 0.05) is 12.8 Å². The molecule has 0 aromatic heterocycles. The molecule has 13 heteroatoms. The standard InChI is InChI=1S/C45H76O12S/c1-3-5-7-9-11-13-15-17-19-21-23-25-27-29-31-33-40(46)54-35-38(36-55-45-44(50)43(49)42(48)39(57-45)37-58(51,52)53)56-41(47)34-32-30-28-26-24-22-20-18-16-14-12-10-8-6-4-2/h5,7,11,13,16-17,19-20,38-39,42-45,48-50H,3-4,6,8-10,12,14-15,21-37H2,1-2H3,(H,51,52,53)/b7-5+,13-11+,19-17+/t18?,38-,39-,42-,43?,44?,45+/m1/s1. The number of rotatable bonds is 35. The quantitative estimate of drug-likeness (QED) is 0.0157. The lowest BCUT2D eigenvalue weighted by atomic mass is 10.00. The van der Waals surface area contributed by atoms with Gasteiger partial charge in [-0.1, -0.05) is 115 Å². The third-order valence-corrected chi connectivity index (χ3v) is 10.4. The molecule has 0 saturated carbocycles. The van der Waals surface area contributed by atoms with Crippen molar-refractivity contribution >= 4 is 22.1 Å². The molecule has 1 saturated heterocycles. The molecule has 334 valence electrons. The summed E-state index contributed by atoms with van der Waals surface area (Å²) in [4.78, 5) is 25.4. The first-order valence-corrected chi connectivity index (χ1v) is 23.5. The number of hydrogen-bond acceptors (Lipinski definition) is 11. The first-order chi connectivity index (χ1) is 28.0. The van der Waals surface area contributed by atoms with Gasteiger partial charge in [-0.05, 0) is 82.8 Å².